The van der Waals surface area contributed by atoms with E-state index in [2.05, 4.69) is 54.1 Å². The summed E-state index contributed by atoms with van der Waals surface area (Å²) in [6, 6.07) is 16.7. The number of piperazine rings is 1. The number of rotatable bonds is 8. The molecule has 1 aliphatic heterocycles. The average molecular weight is 433 g/mol. The highest BCUT2D eigenvalue weighted by atomic mass is 16.5. The lowest BCUT2D eigenvalue weighted by Gasteiger charge is -2.46. The Balaban J connectivity index is 1.29. The molecule has 1 saturated heterocycles. The zero-order chi connectivity index (χ0) is 22.6. The molecule has 2 heterocycles. The molecule has 168 valence electrons. The number of ether oxygens (including phenoxy) is 1. The second-order valence-corrected chi connectivity index (χ2v) is 9.08. The smallest absolute Gasteiger partial charge is 0.225 e. The van der Waals surface area contributed by atoms with Crippen molar-refractivity contribution in [1.29, 1.82) is 5.26 Å². The largest absolute Gasteiger partial charge is 0.380 e. The molecule has 6 heteroatoms. The summed E-state index contributed by atoms with van der Waals surface area (Å²) in [5, 5.41) is 9.02. The third-order valence-corrected chi connectivity index (χ3v) is 6.83. The molecule has 1 aromatic heterocycles. The van der Waals surface area contributed by atoms with Crippen LogP contribution >= 0.6 is 0 Å². The lowest BCUT2D eigenvalue weighted by Crippen LogP contribution is -2.59. The van der Waals surface area contributed by atoms with E-state index in [9.17, 15) is 4.79 Å². The summed E-state index contributed by atoms with van der Waals surface area (Å²) in [5.74, 6) is 1.03. The van der Waals surface area contributed by atoms with Crippen molar-refractivity contribution in [3.05, 3.63) is 59.8 Å². The molecule has 2 atom stereocenters. The molecule has 2 aliphatic rings. The highest BCUT2D eigenvalue weighted by Gasteiger charge is 2.44. The highest BCUT2D eigenvalue weighted by molar-refractivity contribution is 5.76. The van der Waals surface area contributed by atoms with Gasteiger partial charge in [-0.15, -0.1) is 0 Å². The van der Waals surface area contributed by atoms with Gasteiger partial charge < -0.3 is 14.5 Å². The van der Waals surface area contributed by atoms with Crippen LogP contribution in [0.2, 0.25) is 0 Å². The van der Waals surface area contributed by atoms with Gasteiger partial charge in [0, 0.05) is 36.8 Å². The number of pyridine rings is 1. The van der Waals surface area contributed by atoms with Crippen molar-refractivity contribution >= 4 is 11.7 Å². The predicted molar refractivity (Wildman–Crippen MR) is 124 cm³/mol. The second-order valence-electron chi connectivity index (χ2n) is 9.08. The molecule has 6 nitrogen and oxygen atoms in total. The van der Waals surface area contributed by atoms with Crippen molar-refractivity contribution in [2.75, 3.05) is 31.2 Å². The molecule has 2 aromatic rings. The minimum atomic E-state index is 0.159. The minimum absolute atomic E-state index is 0.159. The number of amides is 1. The first-order valence-electron chi connectivity index (χ1n) is 11.6. The number of carbonyl (C=O) groups excluding carboxylic acids is 1. The Hall–Kier alpha value is -2.91. The average Bonchev–Trinajstić information content (AvgIpc) is 3.63. The highest BCUT2D eigenvalue weighted by Crippen LogP contribution is 2.48. The number of aromatic nitrogens is 1. The summed E-state index contributed by atoms with van der Waals surface area (Å²) in [7, 11) is 0. The van der Waals surface area contributed by atoms with Gasteiger partial charge in [-0.2, -0.15) is 5.26 Å². The molecule has 1 amide bonds. The quantitative estimate of drug-likeness (QED) is 0.592. The first-order chi connectivity index (χ1) is 15.6. The zero-order valence-corrected chi connectivity index (χ0v) is 19.0. The van der Waals surface area contributed by atoms with Crippen molar-refractivity contribution in [3.63, 3.8) is 0 Å². The summed E-state index contributed by atoms with van der Waals surface area (Å²) < 4.78 is 5.97. The fraction of sp³-hybridized carbons (Fsp3) is 0.500. The molecule has 0 spiro atoms. The van der Waals surface area contributed by atoms with E-state index >= 15 is 0 Å². The van der Waals surface area contributed by atoms with Gasteiger partial charge in [-0.05, 0) is 43.9 Å². The van der Waals surface area contributed by atoms with Gasteiger partial charge in [-0.3, -0.25) is 4.79 Å². The molecule has 32 heavy (non-hydrogen) atoms. The number of hydrogen-bond donors (Lipinski definition) is 0. The summed E-state index contributed by atoms with van der Waals surface area (Å²) >= 11 is 0. The molecule has 1 saturated carbocycles. The number of hydrogen-bond acceptors (Lipinski definition) is 5. The molecule has 0 bridgehead atoms. The number of nitriles is 1. The molecule has 0 radical (unpaired) electrons. The van der Waals surface area contributed by atoms with Gasteiger partial charge in [0.15, 0.2) is 0 Å². The van der Waals surface area contributed by atoms with Gasteiger partial charge in [0.2, 0.25) is 5.91 Å². The zero-order valence-electron chi connectivity index (χ0n) is 19.0. The predicted octanol–water partition coefficient (Wildman–Crippen LogP) is 3.91. The van der Waals surface area contributed by atoms with Crippen LogP contribution in [0.4, 0.5) is 5.82 Å². The standard InChI is InChI=1S/C26H32N4O2/c1-3-23-18-29(17-20(2)30(23)24-10-9-21(15-27)16-28-24)25(31)11-14-32-19-26(12-13-26)22-7-5-4-6-8-22/h4-10,16,20,23H,3,11-14,17-19H2,1-2H3. The summed E-state index contributed by atoms with van der Waals surface area (Å²) in [5.41, 5.74) is 2.06. The number of carbonyl (C=O) groups is 1. The first kappa shape index (κ1) is 22.3. The van der Waals surface area contributed by atoms with Gasteiger partial charge in [0.05, 0.1) is 25.2 Å². The van der Waals surface area contributed by atoms with Crippen LogP contribution in [0.3, 0.4) is 0 Å². The van der Waals surface area contributed by atoms with E-state index in [-0.39, 0.29) is 23.4 Å². The molecular weight excluding hydrogens is 400 g/mol. The molecule has 0 N–H and O–H groups in total. The molecule has 1 aliphatic carbocycles. The van der Waals surface area contributed by atoms with Gasteiger partial charge in [0.25, 0.3) is 0 Å². The Morgan fingerprint density at radius 1 is 1.22 bits per heavy atom. The van der Waals surface area contributed by atoms with Crippen molar-refractivity contribution in [2.24, 2.45) is 0 Å². The van der Waals surface area contributed by atoms with Crippen molar-refractivity contribution in [3.8, 4) is 6.07 Å². The van der Waals surface area contributed by atoms with Crippen LogP contribution in [0, 0.1) is 11.3 Å². The van der Waals surface area contributed by atoms with Crippen LogP contribution in [-0.2, 0) is 14.9 Å². The van der Waals surface area contributed by atoms with Crippen molar-refractivity contribution in [2.45, 2.75) is 57.0 Å². The molecule has 2 fully saturated rings. The van der Waals surface area contributed by atoms with Crippen molar-refractivity contribution < 1.29 is 9.53 Å². The van der Waals surface area contributed by atoms with Crippen LogP contribution < -0.4 is 4.90 Å². The molecular formula is C26H32N4O2. The molecule has 2 unspecified atom stereocenters. The van der Waals surface area contributed by atoms with Crippen molar-refractivity contribution in [1.82, 2.24) is 9.88 Å². The minimum Gasteiger partial charge on any atom is -0.380 e. The van der Waals surface area contributed by atoms with Crippen LogP contribution in [-0.4, -0.2) is 54.2 Å². The SMILES string of the molecule is CCC1CN(C(=O)CCOCC2(c3ccccc3)CC2)CC(C)N1c1ccc(C#N)cn1. The maximum absolute atomic E-state index is 12.9. The van der Waals surface area contributed by atoms with E-state index in [4.69, 9.17) is 10.00 Å². The Kier molecular flexibility index (Phi) is 6.76. The van der Waals surface area contributed by atoms with E-state index in [0.717, 1.165) is 25.1 Å². The van der Waals surface area contributed by atoms with E-state index in [1.807, 2.05) is 17.0 Å². The third-order valence-electron chi connectivity index (χ3n) is 6.83. The first-order valence-corrected chi connectivity index (χ1v) is 11.6. The second kappa shape index (κ2) is 9.70. The number of nitrogens with zero attached hydrogens (tertiary/aromatic N) is 4. The summed E-state index contributed by atoms with van der Waals surface area (Å²) in [6.45, 7) is 6.80. The van der Waals surface area contributed by atoms with Crippen LogP contribution in [0.5, 0.6) is 0 Å². The Bertz CT molecular complexity index is 950. The van der Waals surface area contributed by atoms with Crippen LogP contribution in [0.1, 0.15) is 50.7 Å². The topological polar surface area (TPSA) is 69.5 Å². The normalized spacial score (nSPS) is 21.8. The van der Waals surface area contributed by atoms with E-state index < -0.39 is 0 Å². The number of benzene rings is 1. The van der Waals surface area contributed by atoms with Gasteiger partial charge in [-0.25, -0.2) is 4.98 Å². The third kappa shape index (κ3) is 4.78. The molecule has 4 rings (SSSR count). The lowest BCUT2D eigenvalue weighted by atomic mass is 9.97. The fourth-order valence-electron chi connectivity index (χ4n) is 4.77. The van der Waals surface area contributed by atoms with E-state index in [1.165, 1.54) is 5.56 Å². The van der Waals surface area contributed by atoms with Gasteiger partial charge in [-0.1, -0.05) is 37.3 Å². The van der Waals surface area contributed by atoms with Crippen LogP contribution in [0.25, 0.3) is 0 Å². The maximum Gasteiger partial charge on any atom is 0.225 e. The lowest BCUT2D eigenvalue weighted by molar-refractivity contribution is -0.133. The van der Waals surface area contributed by atoms with Gasteiger partial charge >= 0.3 is 0 Å². The molecule has 1 aromatic carbocycles. The Morgan fingerprint density at radius 2 is 2.00 bits per heavy atom. The monoisotopic (exact) mass is 432 g/mol. The fourth-order valence-corrected chi connectivity index (χ4v) is 4.77. The Labute approximate surface area is 190 Å². The van der Waals surface area contributed by atoms with Gasteiger partial charge in [0.1, 0.15) is 11.9 Å². The maximum atomic E-state index is 12.9. The van der Waals surface area contributed by atoms with E-state index in [1.54, 1.807) is 12.3 Å². The van der Waals surface area contributed by atoms with Crippen LogP contribution in [0.15, 0.2) is 48.7 Å². The number of anilines is 1. The Morgan fingerprint density at radius 3 is 2.62 bits per heavy atom. The van der Waals surface area contributed by atoms with E-state index in [0.29, 0.717) is 38.3 Å². The summed E-state index contributed by atoms with van der Waals surface area (Å²) in [4.78, 5) is 21.7. The summed E-state index contributed by atoms with van der Waals surface area (Å²) in [6.07, 6.45) is 5.28.